The van der Waals surface area contributed by atoms with Gasteiger partial charge in [0, 0.05) is 36.0 Å². The minimum Gasteiger partial charge on any atom is -0.322 e. The van der Waals surface area contributed by atoms with E-state index in [-0.39, 0.29) is 11.7 Å². The van der Waals surface area contributed by atoms with Crippen molar-refractivity contribution in [2.75, 3.05) is 11.6 Å². The summed E-state index contributed by atoms with van der Waals surface area (Å²) in [5.74, 6) is 1.55. The highest BCUT2D eigenvalue weighted by Gasteiger charge is 2.16. The van der Waals surface area contributed by atoms with Crippen LogP contribution in [0.5, 0.6) is 0 Å². The number of aryl methyl sites for hydroxylation is 1. The largest absolute Gasteiger partial charge is 0.322 e. The van der Waals surface area contributed by atoms with Crippen molar-refractivity contribution in [3.63, 3.8) is 0 Å². The molecule has 0 spiro atoms. The van der Waals surface area contributed by atoms with Crippen LogP contribution in [0.15, 0.2) is 48.5 Å². The molecule has 0 saturated carbocycles. The Kier molecular flexibility index (Phi) is 5.67. The van der Waals surface area contributed by atoms with E-state index in [9.17, 15) is 13.2 Å². The molecule has 0 saturated heterocycles. The number of fused-ring (bicyclic) bond motifs is 1. The Balaban J connectivity index is 1.51. The molecule has 0 bridgehead atoms. The van der Waals surface area contributed by atoms with Gasteiger partial charge in [-0.1, -0.05) is 30.7 Å². The number of carbonyl (C=O) groups excluding carboxylic acids is 1. The molecule has 156 valence electrons. The summed E-state index contributed by atoms with van der Waals surface area (Å²) >= 11 is 0. The lowest BCUT2D eigenvalue weighted by atomic mass is 10.1. The number of hydrogen-bond donors (Lipinski definition) is 1. The average Bonchev–Trinajstić information content (AvgIpc) is 2.96. The van der Waals surface area contributed by atoms with E-state index in [1.54, 1.807) is 24.3 Å². The van der Waals surface area contributed by atoms with Crippen molar-refractivity contribution in [1.29, 1.82) is 0 Å². The molecule has 1 aromatic heterocycles. The molecule has 7 nitrogen and oxygen atoms in total. The Bertz CT molecular complexity index is 1170. The van der Waals surface area contributed by atoms with Crippen LogP contribution < -0.4 is 5.32 Å². The molecular weight excluding hydrogens is 400 g/mol. The van der Waals surface area contributed by atoms with E-state index in [1.165, 1.54) is 12.7 Å². The van der Waals surface area contributed by atoms with Gasteiger partial charge < -0.3 is 9.88 Å². The lowest BCUT2D eigenvalue weighted by Crippen LogP contribution is -2.12. The molecule has 0 atom stereocenters. The molecule has 1 aliphatic heterocycles. The summed E-state index contributed by atoms with van der Waals surface area (Å²) in [4.78, 5) is 12.6. The number of aromatic nitrogens is 3. The first-order valence-electron chi connectivity index (χ1n) is 9.99. The molecule has 0 unspecified atom stereocenters. The molecule has 1 N–H and O–H groups in total. The van der Waals surface area contributed by atoms with E-state index in [2.05, 4.69) is 20.1 Å². The van der Waals surface area contributed by atoms with Gasteiger partial charge in [-0.15, -0.1) is 10.2 Å². The number of nitrogens with zero attached hydrogens (tertiary/aromatic N) is 3. The van der Waals surface area contributed by atoms with Crippen LogP contribution in [-0.2, 0) is 28.6 Å². The number of anilines is 1. The maximum atomic E-state index is 12.6. The third kappa shape index (κ3) is 4.76. The van der Waals surface area contributed by atoms with E-state index in [1.807, 2.05) is 24.3 Å². The van der Waals surface area contributed by atoms with Crippen molar-refractivity contribution >= 4 is 21.4 Å². The van der Waals surface area contributed by atoms with Crippen molar-refractivity contribution in [3.05, 3.63) is 65.5 Å². The first kappa shape index (κ1) is 20.3. The Morgan fingerprint density at radius 2 is 1.87 bits per heavy atom. The van der Waals surface area contributed by atoms with Gasteiger partial charge in [0.2, 0.25) is 0 Å². The van der Waals surface area contributed by atoms with Crippen LogP contribution in [0.3, 0.4) is 0 Å². The third-order valence-corrected chi connectivity index (χ3v) is 5.99. The highest BCUT2D eigenvalue weighted by molar-refractivity contribution is 7.89. The summed E-state index contributed by atoms with van der Waals surface area (Å²) in [7, 11) is -3.11. The van der Waals surface area contributed by atoms with Gasteiger partial charge in [0.1, 0.15) is 5.82 Å². The van der Waals surface area contributed by atoms with Gasteiger partial charge in [-0.3, -0.25) is 4.79 Å². The highest BCUT2D eigenvalue weighted by atomic mass is 32.2. The molecule has 30 heavy (non-hydrogen) atoms. The number of sulfone groups is 1. The zero-order valence-corrected chi connectivity index (χ0v) is 17.7. The first-order valence-corrected chi connectivity index (χ1v) is 12.1. The lowest BCUT2D eigenvalue weighted by molar-refractivity contribution is 0.102. The van der Waals surface area contributed by atoms with Gasteiger partial charge in [0.05, 0.1) is 5.75 Å². The maximum absolute atomic E-state index is 12.6. The van der Waals surface area contributed by atoms with Crippen molar-refractivity contribution < 1.29 is 13.2 Å². The fraction of sp³-hybridized carbons (Fsp3) is 0.318. The monoisotopic (exact) mass is 424 g/mol. The number of amides is 1. The van der Waals surface area contributed by atoms with Crippen molar-refractivity contribution in [2.45, 2.75) is 38.0 Å². The average molecular weight is 425 g/mol. The van der Waals surface area contributed by atoms with Crippen LogP contribution in [0.4, 0.5) is 5.69 Å². The summed E-state index contributed by atoms with van der Waals surface area (Å²) < 4.78 is 25.0. The smallest absolute Gasteiger partial charge is 0.255 e. The van der Waals surface area contributed by atoms with Crippen LogP contribution in [0.1, 0.15) is 41.0 Å². The number of benzene rings is 2. The predicted octanol–water partition coefficient (Wildman–Crippen LogP) is 3.47. The Morgan fingerprint density at radius 1 is 1.07 bits per heavy atom. The van der Waals surface area contributed by atoms with E-state index >= 15 is 0 Å². The second kappa shape index (κ2) is 8.39. The standard InChI is InChI=1S/C22H24N4O3S/c1-30(28,29)15-16-9-11-17(12-10-16)22(27)23-19-7-5-6-18(14-19)21-25-24-20-8-3-2-4-13-26(20)21/h5-7,9-12,14H,2-4,8,13,15H2,1H3,(H,23,27). The van der Waals surface area contributed by atoms with Gasteiger partial charge in [-0.05, 0) is 42.7 Å². The molecule has 1 aliphatic rings. The predicted molar refractivity (Wildman–Crippen MR) is 116 cm³/mol. The Morgan fingerprint density at radius 3 is 2.63 bits per heavy atom. The van der Waals surface area contributed by atoms with Gasteiger partial charge in [0.15, 0.2) is 15.7 Å². The molecule has 8 heteroatoms. The summed E-state index contributed by atoms with van der Waals surface area (Å²) in [5.41, 5.74) is 2.71. The van der Waals surface area contributed by atoms with Gasteiger partial charge in [-0.2, -0.15) is 0 Å². The van der Waals surface area contributed by atoms with Crippen LogP contribution in [0, 0.1) is 0 Å². The molecule has 0 radical (unpaired) electrons. The quantitative estimate of drug-likeness (QED) is 0.677. The fourth-order valence-corrected chi connectivity index (χ4v) is 4.49. The minimum atomic E-state index is -3.11. The van der Waals surface area contributed by atoms with Gasteiger partial charge in [0.25, 0.3) is 5.91 Å². The van der Waals surface area contributed by atoms with Crippen LogP contribution in [0.25, 0.3) is 11.4 Å². The second-order valence-corrected chi connectivity index (χ2v) is 9.84. The zero-order chi connectivity index (χ0) is 21.1. The SMILES string of the molecule is CS(=O)(=O)Cc1ccc(C(=O)Nc2cccc(-c3nnc4n3CCCCC4)c2)cc1. The number of nitrogens with one attached hydrogen (secondary N) is 1. The summed E-state index contributed by atoms with van der Waals surface area (Å²) in [6.45, 7) is 0.911. The van der Waals surface area contributed by atoms with Crippen molar-refractivity contribution in [1.82, 2.24) is 14.8 Å². The summed E-state index contributed by atoms with van der Waals surface area (Å²) in [5, 5.41) is 11.6. The topological polar surface area (TPSA) is 93.9 Å². The fourth-order valence-electron chi connectivity index (χ4n) is 3.69. The normalized spacial score (nSPS) is 14.0. The zero-order valence-electron chi connectivity index (χ0n) is 16.8. The number of rotatable bonds is 5. The molecule has 2 heterocycles. The Labute approximate surface area is 176 Å². The third-order valence-electron chi connectivity index (χ3n) is 5.13. The van der Waals surface area contributed by atoms with Crippen molar-refractivity contribution in [3.8, 4) is 11.4 Å². The first-order chi connectivity index (χ1) is 14.4. The van der Waals surface area contributed by atoms with Crippen molar-refractivity contribution in [2.24, 2.45) is 0 Å². The molecule has 4 rings (SSSR count). The van der Waals surface area contributed by atoms with Crippen LogP contribution >= 0.6 is 0 Å². The molecular formula is C22H24N4O3S. The van der Waals surface area contributed by atoms with Crippen LogP contribution in [-0.4, -0.2) is 35.3 Å². The van der Waals surface area contributed by atoms with Crippen LogP contribution in [0.2, 0.25) is 0 Å². The van der Waals surface area contributed by atoms with Gasteiger partial charge in [-0.25, -0.2) is 8.42 Å². The van der Waals surface area contributed by atoms with E-state index in [0.717, 1.165) is 43.0 Å². The number of carbonyl (C=O) groups is 1. The minimum absolute atomic E-state index is 0.0420. The second-order valence-electron chi connectivity index (χ2n) is 7.70. The molecule has 0 aliphatic carbocycles. The number of hydrogen-bond acceptors (Lipinski definition) is 5. The molecule has 1 amide bonds. The molecule has 3 aromatic rings. The Hall–Kier alpha value is -3.00. The maximum Gasteiger partial charge on any atom is 0.255 e. The molecule has 2 aromatic carbocycles. The van der Waals surface area contributed by atoms with E-state index in [0.29, 0.717) is 16.8 Å². The highest BCUT2D eigenvalue weighted by Crippen LogP contribution is 2.25. The summed E-state index contributed by atoms with van der Waals surface area (Å²) in [6, 6.07) is 14.2. The van der Waals surface area contributed by atoms with Gasteiger partial charge >= 0.3 is 0 Å². The molecule has 0 fully saturated rings. The van der Waals surface area contributed by atoms with E-state index < -0.39 is 9.84 Å². The van der Waals surface area contributed by atoms with E-state index in [4.69, 9.17) is 0 Å². The lowest BCUT2D eigenvalue weighted by Gasteiger charge is -2.10. The summed E-state index contributed by atoms with van der Waals surface area (Å²) in [6.07, 6.45) is 5.58.